The molecule has 5 rings (SSSR count). The van der Waals surface area contributed by atoms with Gasteiger partial charge in [-0.2, -0.15) is 18.3 Å². The van der Waals surface area contributed by atoms with Gasteiger partial charge in [0.25, 0.3) is 5.91 Å². The first kappa shape index (κ1) is 24.8. The zero-order valence-electron chi connectivity index (χ0n) is 20.0. The van der Waals surface area contributed by atoms with Crippen LogP contribution in [0.3, 0.4) is 0 Å². The highest BCUT2D eigenvalue weighted by molar-refractivity contribution is 6.07. The van der Waals surface area contributed by atoms with E-state index in [1.807, 2.05) is 36.5 Å². The number of aromatic nitrogens is 6. The second-order valence-corrected chi connectivity index (χ2v) is 8.48. The highest BCUT2D eigenvalue weighted by Gasteiger charge is 2.32. The van der Waals surface area contributed by atoms with Crippen molar-refractivity contribution in [3.63, 3.8) is 0 Å². The first-order chi connectivity index (χ1) is 18.2. The number of nitrogens with zero attached hydrogens (tertiary/aromatic N) is 6. The Morgan fingerprint density at radius 3 is 2.50 bits per heavy atom. The number of aryl methyl sites for hydroxylation is 1. The van der Waals surface area contributed by atoms with Gasteiger partial charge in [-0.1, -0.05) is 36.4 Å². The van der Waals surface area contributed by atoms with Crippen LogP contribution in [0.15, 0.2) is 73.3 Å². The second-order valence-electron chi connectivity index (χ2n) is 8.48. The minimum absolute atomic E-state index is 0.0469. The molecule has 1 aromatic carbocycles. The summed E-state index contributed by atoms with van der Waals surface area (Å²) in [7, 11) is 1.54. The molecule has 0 aliphatic rings. The average Bonchev–Trinajstić information content (AvgIpc) is 3.51. The van der Waals surface area contributed by atoms with Crippen molar-refractivity contribution in [3.8, 4) is 11.3 Å². The molecule has 1 amide bonds. The lowest BCUT2D eigenvalue weighted by atomic mass is 10.1. The molecule has 4 heterocycles. The number of nitrogens with one attached hydrogen (secondary N) is 1. The summed E-state index contributed by atoms with van der Waals surface area (Å²) in [6.45, 7) is -0.0751. The summed E-state index contributed by atoms with van der Waals surface area (Å²) < 4.78 is 41.2. The fraction of sp³-hybridized carbons (Fsp3) is 0.154. The first-order valence-electron chi connectivity index (χ1n) is 11.4. The predicted molar refractivity (Wildman–Crippen MR) is 130 cm³/mol. The average molecular weight is 519 g/mol. The quantitative estimate of drug-likeness (QED) is 0.327. The van der Waals surface area contributed by atoms with Crippen LogP contribution in [0.1, 0.15) is 37.8 Å². The number of pyridine rings is 1. The van der Waals surface area contributed by atoms with Gasteiger partial charge in [0.05, 0.1) is 29.6 Å². The molecular formula is C26H20F3N7O2. The fourth-order valence-corrected chi connectivity index (χ4v) is 3.91. The molecule has 0 aliphatic heterocycles. The lowest BCUT2D eigenvalue weighted by molar-refractivity contribution is -0.141. The molecule has 0 unspecified atom stereocenters. The van der Waals surface area contributed by atoms with Gasteiger partial charge in [0.15, 0.2) is 5.78 Å². The van der Waals surface area contributed by atoms with Crippen LogP contribution in [0, 0.1) is 0 Å². The number of halogens is 3. The molecule has 38 heavy (non-hydrogen) atoms. The Bertz CT molecular complexity index is 1620. The van der Waals surface area contributed by atoms with Gasteiger partial charge in [-0.05, 0) is 17.7 Å². The smallest absolute Gasteiger partial charge is 0.348 e. The number of benzene rings is 1. The number of carbonyl (C=O) groups is 2. The minimum atomic E-state index is -4.55. The highest BCUT2D eigenvalue weighted by Crippen LogP contribution is 2.27. The van der Waals surface area contributed by atoms with Crippen LogP contribution in [0.2, 0.25) is 0 Å². The van der Waals surface area contributed by atoms with Gasteiger partial charge in [0, 0.05) is 37.7 Å². The van der Waals surface area contributed by atoms with Crippen molar-refractivity contribution in [2.75, 3.05) is 0 Å². The molecular weight excluding hydrogens is 499 g/mol. The number of alkyl halides is 3. The Kier molecular flexibility index (Phi) is 6.45. The second kappa shape index (κ2) is 9.88. The summed E-state index contributed by atoms with van der Waals surface area (Å²) in [5.74, 6) is -0.536. The van der Waals surface area contributed by atoms with E-state index in [9.17, 15) is 22.8 Å². The number of ketones is 1. The molecule has 5 aromatic rings. The number of hydrogen-bond donors (Lipinski definition) is 1. The zero-order chi connectivity index (χ0) is 26.9. The van der Waals surface area contributed by atoms with Crippen molar-refractivity contribution in [3.05, 3.63) is 102 Å². The fourth-order valence-electron chi connectivity index (χ4n) is 3.91. The van der Waals surface area contributed by atoms with Crippen LogP contribution in [-0.2, 0) is 26.2 Å². The number of hydrogen-bond acceptors (Lipinski definition) is 6. The van der Waals surface area contributed by atoms with Crippen molar-refractivity contribution in [2.24, 2.45) is 7.05 Å². The molecule has 12 heteroatoms. The van der Waals surface area contributed by atoms with Crippen LogP contribution in [0.5, 0.6) is 0 Å². The van der Waals surface area contributed by atoms with Crippen LogP contribution in [0.25, 0.3) is 17.0 Å². The third-order valence-corrected chi connectivity index (χ3v) is 5.81. The van der Waals surface area contributed by atoms with Crippen LogP contribution in [-0.4, -0.2) is 40.8 Å². The molecule has 9 nitrogen and oxygen atoms in total. The molecule has 0 fully saturated rings. The van der Waals surface area contributed by atoms with Gasteiger partial charge in [-0.25, -0.2) is 9.97 Å². The maximum Gasteiger partial charge on any atom is 0.433 e. The molecule has 0 radical (unpaired) electrons. The Labute approximate surface area is 214 Å². The summed E-state index contributed by atoms with van der Waals surface area (Å²) in [6, 6.07) is 13.4. The number of rotatable bonds is 7. The van der Waals surface area contributed by atoms with E-state index in [1.165, 1.54) is 16.9 Å². The molecule has 4 aromatic heterocycles. The van der Waals surface area contributed by atoms with Gasteiger partial charge < -0.3 is 5.32 Å². The predicted octanol–water partition coefficient (Wildman–Crippen LogP) is 3.90. The maximum absolute atomic E-state index is 13.2. The first-order valence-corrected chi connectivity index (χ1v) is 11.4. The molecule has 1 N–H and O–H groups in total. The van der Waals surface area contributed by atoms with Gasteiger partial charge in [-0.15, -0.1) is 0 Å². The molecule has 0 spiro atoms. The van der Waals surface area contributed by atoms with E-state index >= 15 is 0 Å². The zero-order valence-corrected chi connectivity index (χ0v) is 20.0. The van der Waals surface area contributed by atoms with Crippen LogP contribution < -0.4 is 5.32 Å². The van der Waals surface area contributed by atoms with E-state index < -0.39 is 17.8 Å². The van der Waals surface area contributed by atoms with E-state index in [-0.39, 0.29) is 30.0 Å². The number of amides is 1. The minimum Gasteiger partial charge on any atom is -0.348 e. The third-order valence-electron chi connectivity index (χ3n) is 5.81. The van der Waals surface area contributed by atoms with Gasteiger partial charge in [-0.3, -0.25) is 23.7 Å². The Hall–Kier alpha value is -4.87. The van der Waals surface area contributed by atoms with Crippen molar-refractivity contribution in [1.29, 1.82) is 0 Å². The van der Waals surface area contributed by atoms with E-state index in [0.717, 1.165) is 23.5 Å². The van der Waals surface area contributed by atoms with Crippen molar-refractivity contribution >= 4 is 17.5 Å². The lowest BCUT2D eigenvalue weighted by Crippen LogP contribution is -2.25. The SMILES string of the molecule is Cn1ncc(C(=O)NCc2ccc(C(F)(F)F)nc2)c1C(=O)Cc1ccn2cc(-c3ccccc3)nc2n1. The van der Waals surface area contributed by atoms with Gasteiger partial charge in [0.1, 0.15) is 11.4 Å². The van der Waals surface area contributed by atoms with Crippen molar-refractivity contribution in [2.45, 2.75) is 19.1 Å². The number of fused-ring (bicyclic) bond motifs is 1. The molecule has 0 atom stereocenters. The van der Waals surface area contributed by atoms with E-state index in [2.05, 4.69) is 25.4 Å². The van der Waals surface area contributed by atoms with Gasteiger partial charge in [0.2, 0.25) is 5.78 Å². The molecule has 0 aliphatic carbocycles. The van der Waals surface area contributed by atoms with E-state index in [4.69, 9.17) is 0 Å². The Balaban J connectivity index is 1.29. The van der Waals surface area contributed by atoms with Crippen LogP contribution in [0.4, 0.5) is 13.2 Å². The molecule has 0 saturated carbocycles. The standard InChI is InChI=1S/C26H20F3N7O2/c1-35-23(19(14-32-35)24(38)31-13-16-7-8-22(30-12-16)26(27,28)29)21(37)11-18-9-10-36-15-20(34-25(36)33-18)17-5-3-2-4-6-17/h2-10,12,14-15H,11,13H2,1H3,(H,31,38). The summed E-state index contributed by atoms with van der Waals surface area (Å²) in [5, 5.41) is 6.64. The summed E-state index contributed by atoms with van der Waals surface area (Å²) >= 11 is 0. The number of carbonyl (C=O) groups excluding carboxylic acids is 2. The van der Waals surface area contributed by atoms with E-state index in [0.29, 0.717) is 17.0 Å². The number of imidazole rings is 1. The summed E-state index contributed by atoms with van der Waals surface area (Å²) in [5.41, 5.74) is 1.63. The maximum atomic E-state index is 13.2. The molecule has 0 bridgehead atoms. The largest absolute Gasteiger partial charge is 0.433 e. The normalized spacial score (nSPS) is 11.6. The van der Waals surface area contributed by atoms with Crippen molar-refractivity contribution in [1.82, 2.24) is 34.4 Å². The monoisotopic (exact) mass is 519 g/mol. The number of Topliss-reactive ketones (excluding diaryl/α,β-unsaturated/α-hetero) is 1. The third kappa shape index (κ3) is 5.14. The molecule has 192 valence electrons. The summed E-state index contributed by atoms with van der Waals surface area (Å²) in [6.07, 6.45) is 1.28. The van der Waals surface area contributed by atoms with Crippen LogP contribution >= 0.6 is 0 Å². The lowest BCUT2D eigenvalue weighted by Gasteiger charge is -2.09. The Morgan fingerprint density at radius 2 is 1.79 bits per heavy atom. The summed E-state index contributed by atoms with van der Waals surface area (Å²) in [4.78, 5) is 38.4. The topological polar surface area (TPSA) is 107 Å². The highest BCUT2D eigenvalue weighted by atomic mass is 19.4. The van der Waals surface area contributed by atoms with Crippen molar-refractivity contribution < 1.29 is 22.8 Å². The Morgan fingerprint density at radius 1 is 1.00 bits per heavy atom. The van der Waals surface area contributed by atoms with Gasteiger partial charge >= 0.3 is 6.18 Å². The van der Waals surface area contributed by atoms with E-state index in [1.54, 1.807) is 23.7 Å². The molecule has 0 saturated heterocycles.